The van der Waals surface area contributed by atoms with Crippen molar-refractivity contribution in [2.24, 2.45) is 0 Å². The van der Waals surface area contributed by atoms with Gasteiger partial charge in [0.1, 0.15) is 5.69 Å². The summed E-state index contributed by atoms with van der Waals surface area (Å²) in [7, 11) is -3.01. The fourth-order valence-electron chi connectivity index (χ4n) is 2.86. The van der Waals surface area contributed by atoms with Crippen LogP contribution in [0.1, 0.15) is 35.4 Å². The van der Waals surface area contributed by atoms with Gasteiger partial charge in [0.15, 0.2) is 9.84 Å². The molecule has 1 aliphatic rings. The van der Waals surface area contributed by atoms with Gasteiger partial charge in [0.25, 0.3) is 5.91 Å². The van der Waals surface area contributed by atoms with E-state index < -0.39 is 9.84 Å². The van der Waals surface area contributed by atoms with E-state index in [1.54, 1.807) is 18.3 Å². The molecule has 0 spiro atoms. The number of hydrogen-bond donors (Lipinski definition) is 2. The Labute approximate surface area is 147 Å². The van der Waals surface area contributed by atoms with Crippen LogP contribution in [0.25, 0.3) is 0 Å². The van der Waals surface area contributed by atoms with Gasteiger partial charge in [-0.05, 0) is 31.0 Å². The quantitative estimate of drug-likeness (QED) is 0.854. The Kier molecular flexibility index (Phi) is 5.03. The molecule has 2 N–H and O–H groups in total. The lowest BCUT2D eigenvalue weighted by molar-refractivity contribution is 0.0936. The maximum absolute atomic E-state index is 12.2. The van der Waals surface area contributed by atoms with Crippen molar-refractivity contribution in [2.45, 2.75) is 25.4 Å². The lowest BCUT2D eigenvalue weighted by Gasteiger charge is -2.16. The number of rotatable bonds is 5. The zero-order chi connectivity index (χ0) is 17.9. The van der Waals surface area contributed by atoms with Gasteiger partial charge in [0.2, 0.25) is 0 Å². The molecule has 2 atom stereocenters. The third-order valence-electron chi connectivity index (χ3n) is 4.25. The van der Waals surface area contributed by atoms with Crippen LogP contribution < -0.4 is 10.6 Å². The summed E-state index contributed by atoms with van der Waals surface area (Å²) < 4.78 is 22.9. The molecule has 1 aromatic heterocycles. The van der Waals surface area contributed by atoms with E-state index in [4.69, 9.17) is 0 Å². The zero-order valence-electron chi connectivity index (χ0n) is 14.0. The van der Waals surface area contributed by atoms with Crippen molar-refractivity contribution in [3.8, 4) is 0 Å². The number of hydrogen-bond acceptors (Lipinski definition) is 5. The van der Waals surface area contributed by atoms with Crippen molar-refractivity contribution in [3.05, 3.63) is 59.9 Å². The maximum Gasteiger partial charge on any atom is 0.270 e. The Morgan fingerprint density at radius 1 is 1.20 bits per heavy atom. The highest BCUT2D eigenvalue weighted by Crippen LogP contribution is 2.18. The molecule has 2 heterocycles. The predicted octanol–water partition coefficient (Wildman–Crippen LogP) is 2.17. The Morgan fingerprint density at radius 3 is 2.56 bits per heavy atom. The summed E-state index contributed by atoms with van der Waals surface area (Å²) in [6.45, 7) is 2.05. The number of sulfone groups is 1. The highest BCUT2D eigenvalue weighted by atomic mass is 32.2. The first-order chi connectivity index (χ1) is 11.9. The van der Waals surface area contributed by atoms with Crippen molar-refractivity contribution in [3.63, 3.8) is 0 Å². The largest absolute Gasteiger partial charge is 0.377 e. The van der Waals surface area contributed by atoms with E-state index in [1.165, 1.54) is 0 Å². The fraction of sp³-hybridized carbons (Fsp3) is 0.333. The average molecular weight is 359 g/mol. The number of nitrogens with zero attached hydrogens (tertiary/aromatic N) is 1. The highest BCUT2D eigenvalue weighted by molar-refractivity contribution is 7.91. The number of nitrogens with one attached hydrogen (secondary N) is 2. The first-order valence-corrected chi connectivity index (χ1v) is 10.0. The Balaban J connectivity index is 1.59. The van der Waals surface area contributed by atoms with Gasteiger partial charge in [-0.15, -0.1) is 0 Å². The molecule has 1 saturated heterocycles. The van der Waals surface area contributed by atoms with Crippen LogP contribution in [-0.4, -0.2) is 36.9 Å². The topological polar surface area (TPSA) is 88.2 Å². The molecule has 2 unspecified atom stereocenters. The number of pyridine rings is 1. The number of amides is 1. The molecule has 0 bridgehead atoms. The summed E-state index contributed by atoms with van der Waals surface area (Å²) in [6.07, 6.45) is 2.07. The Morgan fingerprint density at radius 2 is 1.96 bits per heavy atom. The van der Waals surface area contributed by atoms with Crippen LogP contribution in [0, 0.1) is 0 Å². The predicted molar refractivity (Wildman–Crippen MR) is 97.2 cm³/mol. The SMILES string of the molecule is CC(Nc1ccc(C(=O)NC2CCS(=O)(=O)C2)nc1)c1ccccc1. The van der Waals surface area contributed by atoms with Gasteiger partial charge in [0.05, 0.1) is 23.4 Å². The standard InChI is InChI=1S/C18H21N3O3S/c1-13(14-5-3-2-4-6-14)20-15-7-8-17(19-11-15)18(22)21-16-9-10-25(23,24)12-16/h2-8,11,13,16,20H,9-10,12H2,1H3,(H,21,22). The molecule has 1 fully saturated rings. The zero-order valence-corrected chi connectivity index (χ0v) is 14.8. The second-order valence-corrected chi connectivity index (χ2v) is 8.51. The van der Waals surface area contributed by atoms with Crippen LogP contribution in [0.4, 0.5) is 5.69 Å². The minimum absolute atomic E-state index is 0.00691. The molecule has 7 heteroatoms. The van der Waals surface area contributed by atoms with Crippen LogP contribution in [-0.2, 0) is 9.84 Å². The Hall–Kier alpha value is -2.41. The molecule has 1 amide bonds. The Bertz CT molecular complexity index is 836. The molecule has 1 aliphatic heterocycles. The summed E-state index contributed by atoms with van der Waals surface area (Å²) in [4.78, 5) is 16.4. The first-order valence-electron chi connectivity index (χ1n) is 8.22. The first kappa shape index (κ1) is 17.4. The van der Waals surface area contributed by atoms with Gasteiger partial charge in [-0.2, -0.15) is 0 Å². The van der Waals surface area contributed by atoms with Crippen molar-refractivity contribution >= 4 is 21.4 Å². The van der Waals surface area contributed by atoms with E-state index in [1.807, 2.05) is 30.3 Å². The summed E-state index contributed by atoms with van der Waals surface area (Å²) in [5.41, 5.74) is 2.25. The smallest absolute Gasteiger partial charge is 0.270 e. The van der Waals surface area contributed by atoms with Gasteiger partial charge in [-0.1, -0.05) is 30.3 Å². The molecule has 6 nitrogen and oxygen atoms in total. The van der Waals surface area contributed by atoms with Crippen molar-refractivity contribution in [1.29, 1.82) is 0 Å². The number of carbonyl (C=O) groups excluding carboxylic acids is 1. The second kappa shape index (κ2) is 7.23. The van der Waals surface area contributed by atoms with Gasteiger partial charge >= 0.3 is 0 Å². The van der Waals surface area contributed by atoms with Crippen molar-refractivity contribution < 1.29 is 13.2 Å². The van der Waals surface area contributed by atoms with Gasteiger partial charge in [-0.3, -0.25) is 4.79 Å². The molecule has 132 valence electrons. The highest BCUT2D eigenvalue weighted by Gasteiger charge is 2.29. The monoisotopic (exact) mass is 359 g/mol. The summed E-state index contributed by atoms with van der Waals surface area (Å²) in [6, 6.07) is 13.3. The molecular formula is C18H21N3O3S. The van der Waals surface area contributed by atoms with Crippen LogP contribution in [0.2, 0.25) is 0 Å². The number of carbonyl (C=O) groups is 1. The summed E-state index contributed by atoms with van der Waals surface area (Å²) >= 11 is 0. The fourth-order valence-corrected chi connectivity index (χ4v) is 4.53. The number of aromatic nitrogens is 1. The van der Waals surface area contributed by atoms with E-state index in [-0.39, 0.29) is 35.2 Å². The van der Waals surface area contributed by atoms with E-state index in [2.05, 4.69) is 22.5 Å². The van der Waals surface area contributed by atoms with Crippen molar-refractivity contribution in [2.75, 3.05) is 16.8 Å². The lowest BCUT2D eigenvalue weighted by Crippen LogP contribution is -2.36. The lowest BCUT2D eigenvalue weighted by atomic mass is 10.1. The van der Waals surface area contributed by atoms with E-state index in [0.29, 0.717) is 6.42 Å². The summed E-state index contributed by atoms with van der Waals surface area (Å²) in [5.74, 6) is -0.205. The molecule has 2 aromatic rings. The van der Waals surface area contributed by atoms with E-state index in [9.17, 15) is 13.2 Å². The minimum atomic E-state index is -3.01. The summed E-state index contributed by atoms with van der Waals surface area (Å²) in [5, 5.41) is 6.07. The third-order valence-corrected chi connectivity index (χ3v) is 6.01. The van der Waals surface area contributed by atoms with Gasteiger partial charge in [0, 0.05) is 12.1 Å². The average Bonchev–Trinajstić information content (AvgIpc) is 2.94. The normalized spacial score (nSPS) is 20.0. The molecule has 3 rings (SSSR count). The van der Waals surface area contributed by atoms with Crippen LogP contribution >= 0.6 is 0 Å². The van der Waals surface area contributed by atoms with Crippen LogP contribution in [0.5, 0.6) is 0 Å². The van der Waals surface area contributed by atoms with Crippen molar-refractivity contribution in [1.82, 2.24) is 10.3 Å². The second-order valence-electron chi connectivity index (χ2n) is 6.28. The molecule has 25 heavy (non-hydrogen) atoms. The number of benzene rings is 1. The van der Waals surface area contributed by atoms with E-state index in [0.717, 1.165) is 11.3 Å². The number of anilines is 1. The molecule has 0 radical (unpaired) electrons. The molecule has 0 aliphatic carbocycles. The van der Waals surface area contributed by atoms with Gasteiger partial charge in [-0.25, -0.2) is 13.4 Å². The van der Waals surface area contributed by atoms with E-state index >= 15 is 0 Å². The van der Waals surface area contributed by atoms with Crippen LogP contribution in [0.3, 0.4) is 0 Å². The molecule has 1 aromatic carbocycles. The third kappa shape index (κ3) is 4.57. The molecule has 0 saturated carbocycles. The maximum atomic E-state index is 12.2. The van der Waals surface area contributed by atoms with Gasteiger partial charge < -0.3 is 10.6 Å². The minimum Gasteiger partial charge on any atom is -0.377 e. The van der Waals surface area contributed by atoms with Crippen LogP contribution in [0.15, 0.2) is 48.7 Å². The molecular weight excluding hydrogens is 338 g/mol.